The first-order valence-corrected chi connectivity index (χ1v) is 11.0. The number of aromatic hydroxyl groups is 2. The number of carbonyl (C=O) groups excluding carboxylic acids is 1. The van der Waals surface area contributed by atoms with E-state index in [1.54, 1.807) is 24.3 Å². The molecule has 5 rings (SSSR count). The SMILES string of the molecule is O=C(c1cccnc1)c1c(O)c(O)n(-c2nc3c(Cl)cccc3s2)c1-c1cccc([N+](=O)[O-])c1. The number of benzene rings is 2. The third-order valence-electron chi connectivity index (χ3n) is 5.15. The van der Waals surface area contributed by atoms with Crippen molar-refractivity contribution in [3.05, 3.63) is 93.3 Å². The van der Waals surface area contributed by atoms with Crippen molar-refractivity contribution in [2.45, 2.75) is 0 Å². The van der Waals surface area contributed by atoms with Gasteiger partial charge in [-0.05, 0) is 24.3 Å². The van der Waals surface area contributed by atoms with Crippen LogP contribution in [0.3, 0.4) is 0 Å². The highest BCUT2D eigenvalue weighted by atomic mass is 35.5. The van der Waals surface area contributed by atoms with Crippen LogP contribution in [-0.2, 0) is 0 Å². The lowest BCUT2D eigenvalue weighted by Gasteiger charge is -2.09. The third-order valence-corrected chi connectivity index (χ3v) is 6.46. The minimum absolute atomic E-state index is 0.0442. The molecular weight excluding hydrogens is 480 g/mol. The number of para-hydroxylation sites is 1. The first kappa shape index (κ1) is 21.6. The number of thiazole rings is 1. The third kappa shape index (κ3) is 3.45. The lowest BCUT2D eigenvalue weighted by atomic mass is 10.00. The van der Waals surface area contributed by atoms with Crippen LogP contribution in [0.4, 0.5) is 5.69 Å². The zero-order chi connectivity index (χ0) is 24.0. The van der Waals surface area contributed by atoms with Gasteiger partial charge in [0.05, 0.1) is 25.9 Å². The van der Waals surface area contributed by atoms with Gasteiger partial charge >= 0.3 is 0 Å². The monoisotopic (exact) mass is 492 g/mol. The van der Waals surface area contributed by atoms with Crippen LogP contribution in [0.1, 0.15) is 15.9 Å². The number of nitrogens with zero attached hydrogens (tertiary/aromatic N) is 4. The normalized spacial score (nSPS) is 11.1. The Morgan fingerprint density at radius 2 is 1.91 bits per heavy atom. The van der Waals surface area contributed by atoms with Crippen molar-refractivity contribution in [2.75, 3.05) is 0 Å². The zero-order valence-electron chi connectivity index (χ0n) is 17.0. The predicted molar refractivity (Wildman–Crippen MR) is 127 cm³/mol. The van der Waals surface area contributed by atoms with E-state index in [-0.39, 0.29) is 33.2 Å². The van der Waals surface area contributed by atoms with Crippen LogP contribution in [0, 0.1) is 10.1 Å². The zero-order valence-corrected chi connectivity index (χ0v) is 18.6. The number of hydrogen-bond acceptors (Lipinski definition) is 8. The van der Waals surface area contributed by atoms with Gasteiger partial charge in [-0.15, -0.1) is 0 Å². The molecule has 34 heavy (non-hydrogen) atoms. The standard InChI is InChI=1S/C23H13ClN4O5S/c24-15-7-2-8-16-18(15)26-23(34-16)27-19(12-4-1-6-14(10-12)28(32)33)17(21(30)22(27)31)20(29)13-5-3-9-25-11-13/h1-11,30-31H. The first-order chi connectivity index (χ1) is 16.4. The van der Waals surface area contributed by atoms with Crippen LogP contribution in [0.5, 0.6) is 11.6 Å². The number of pyridine rings is 1. The molecule has 0 unspecified atom stereocenters. The second-order valence-corrected chi connectivity index (χ2v) is 8.61. The molecule has 11 heteroatoms. The van der Waals surface area contributed by atoms with Gasteiger partial charge in [0.25, 0.3) is 5.69 Å². The van der Waals surface area contributed by atoms with E-state index in [0.717, 1.165) is 0 Å². The number of halogens is 1. The second kappa shape index (κ2) is 8.25. The van der Waals surface area contributed by atoms with Gasteiger partial charge in [-0.25, -0.2) is 4.98 Å². The molecule has 5 aromatic rings. The molecule has 0 fully saturated rings. The summed E-state index contributed by atoms with van der Waals surface area (Å²) in [5.74, 6) is -1.94. The molecule has 2 N–H and O–H groups in total. The maximum atomic E-state index is 13.4. The average Bonchev–Trinajstić information content (AvgIpc) is 3.39. The number of fused-ring (bicyclic) bond motifs is 1. The number of non-ortho nitro benzene ring substituents is 1. The van der Waals surface area contributed by atoms with E-state index in [1.165, 1.54) is 58.6 Å². The molecule has 0 bridgehead atoms. The molecule has 0 aliphatic carbocycles. The highest BCUT2D eigenvalue weighted by Gasteiger charge is 2.31. The quantitative estimate of drug-likeness (QED) is 0.192. The van der Waals surface area contributed by atoms with Crippen LogP contribution in [0.15, 0.2) is 67.0 Å². The van der Waals surface area contributed by atoms with Gasteiger partial charge in [0.1, 0.15) is 5.52 Å². The van der Waals surface area contributed by atoms with Gasteiger partial charge in [-0.2, -0.15) is 0 Å². The first-order valence-electron chi connectivity index (χ1n) is 9.78. The van der Waals surface area contributed by atoms with E-state index in [2.05, 4.69) is 9.97 Å². The maximum Gasteiger partial charge on any atom is 0.270 e. The summed E-state index contributed by atoms with van der Waals surface area (Å²) in [4.78, 5) is 32.7. The van der Waals surface area contributed by atoms with Crippen molar-refractivity contribution in [3.63, 3.8) is 0 Å². The predicted octanol–water partition coefficient (Wildman–Crippen LogP) is 5.35. The minimum atomic E-state index is -0.680. The van der Waals surface area contributed by atoms with Crippen LogP contribution in [0.25, 0.3) is 26.6 Å². The molecule has 0 saturated carbocycles. The molecular formula is C23H13ClN4O5S. The topological polar surface area (TPSA) is 131 Å². The van der Waals surface area contributed by atoms with Gasteiger partial charge < -0.3 is 10.2 Å². The highest BCUT2D eigenvalue weighted by Crippen LogP contribution is 2.46. The summed E-state index contributed by atoms with van der Waals surface area (Å²) in [6.45, 7) is 0. The Kier molecular flexibility index (Phi) is 5.23. The molecule has 2 aromatic carbocycles. The smallest absolute Gasteiger partial charge is 0.270 e. The molecule has 0 aliphatic rings. The summed E-state index contributed by atoms with van der Waals surface area (Å²) in [5.41, 5.74) is 0.439. The Bertz CT molecular complexity index is 1600. The minimum Gasteiger partial charge on any atom is -0.503 e. The summed E-state index contributed by atoms with van der Waals surface area (Å²) in [6.07, 6.45) is 2.82. The second-order valence-electron chi connectivity index (χ2n) is 7.19. The lowest BCUT2D eigenvalue weighted by molar-refractivity contribution is -0.384. The fourth-order valence-corrected chi connectivity index (χ4v) is 4.90. The molecule has 3 heterocycles. The van der Waals surface area contributed by atoms with Crippen molar-refractivity contribution < 1.29 is 19.9 Å². The van der Waals surface area contributed by atoms with Crippen molar-refractivity contribution >= 4 is 44.6 Å². The molecule has 168 valence electrons. The largest absolute Gasteiger partial charge is 0.503 e. The molecule has 0 atom stereocenters. The van der Waals surface area contributed by atoms with Gasteiger partial charge in [-0.1, -0.05) is 41.1 Å². The molecule has 0 amide bonds. The number of rotatable bonds is 5. The average molecular weight is 493 g/mol. The number of nitro benzene ring substituents is 1. The van der Waals surface area contributed by atoms with E-state index >= 15 is 0 Å². The lowest BCUT2D eigenvalue weighted by Crippen LogP contribution is -2.05. The molecule has 0 aliphatic heterocycles. The van der Waals surface area contributed by atoms with E-state index in [4.69, 9.17) is 11.6 Å². The van der Waals surface area contributed by atoms with Crippen molar-refractivity contribution in [2.24, 2.45) is 0 Å². The highest BCUT2D eigenvalue weighted by molar-refractivity contribution is 7.21. The Labute approximate surface area is 200 Å². The summed E-state index contributed by atoms with van der Waals surface area (Å²) in [6, 6.07) is 13.8. The van der Waals surface area contributed by atoms with Crippen LogP contribution >= 0.6 is 22.9 Å². The molecule has 0 spiro atoms. The van der Waals surface area contributed by atoms with E-state index in [9.17, 15) is 25.1 Å². The number of ketones is 1. The summed E-state index contributed by atoms with van der Waals surface area (Å²) >= 11 is 7.43. The fraction of sp³-hybridized carbons (Fsp3) is 0. The van der Waals surface area contributed by atoms with Gasteiger partial charge in [0.15, 0.2) is 10.9 Å². The maximum absolute atomic E-state index is 13.4. The van der Waals surface area contributed by atoms with Gasteiger partial charge in [0.2, 0.25) is 11.7 Å². The number of aromatic nitrogens is 3. The van der Waals surface area contributed by atoms with Crippen molar-refractivity contribution in [1.82, 2.24) is 14.5 Å². The Balaban J connectivity index is 1.84. The Morgan fingerprint density at radius 1 is 1.12 bits per heavy atom. The molecule has 3 aromatic heterocycles. The van der Waals surface area contributed by atoms with Crippen molar-refractivity contribution in [3.8, 4) is 28.0 Å². The Hall–Kier alpha value is -4.28. The van der Waals surface area contributed by atoms with Gasteiger partial charge in [-0.3, -0.25) is 24.5 Å². The summed E-state index contributed by atoms with van der Waals surface area (Å²) in [7, 11) is 0. The molecule has 0 radical (unpaired) electrons. The Morgan fingerprint density at radius 3 is 2.62 bits per heavy atom. The van der Waals surface area contributed by atoms with Crippen molar-refractivity contribution in [1.29, 1.82) is 0 Å². The van der Waals surface area contributed by atoms with Crippen LogP contribution < -0.4 is 0 Å². The van der Waals surface area contributed by atoms with Gasteiger partial charge in [0, 0.05) is 35.7 Å². The number of hydrogen-bond donors (Lipinski definition) is 2. The fourth-order valence-electron chi connectivity index (χ4n) is 3.63. The van der Waals surface area contributed by atoms with E-state index in [1.807, 2.05) is 0 Å². The summed E-state index contributed by atoms with van der Waals surface area (Å²) in [5, 5.41) is 33.8. The molecule has 9 nitrogen and oxygen atoms in total. The molecule has 0 saturated heterocycles. The number of carbonyl (C=O) groups is 1. The van der Waals surface area contributed by atoms with Crippen LogP contribution in [-0.4, -0.2) is 35.5 Å². The van der Waals surface area contributed by atoms with E-state index < -0.39 is 22.3 Å². The summed E-state index contributed by atoms with van der Waals surface area (Å²) < 4.78 is 1.90. The number of nitro groups is 1. The van der Waals surface area contributed by atoms with Crippen LogP contribution in [0.2, 0.25) is 5.02 Å². The van der Waals surface area contributed by atoms with E-state index in [0.29, 0.717) is 15.2 Å².